The molecule has 5 nitrogen and oxygen atoms in total. The maximum Gasteiger partial charge on any atom is 0.308 e. The third-order valence-electron chi connectivity index (χ3n) is 4.19. The SMILES string of the molecule is Cc1cccc(OCC(=O)N2CC(C)C(C(=O)O)C2)c1C. The van der Waals surface area contributed by atoms with Crippen molar-refractivity contribution in [1.82, 2.24) is 4.90 Å². The van der Waals surface area contributed by atoms with E-state index in [0.717, 1.165) is 11.1 Å². The Kier molecular flexibility index (Phi) is 4.50. The van der Waals surface area contributed by atoms with Crippen LogP contribution in [0.5, 0.6) is 5.75 Å². The second-order valence-electron chi connectivity index (χ2n) is 5.71. The number of amides is 1. The molecular weight excluding hydrogens is 270 g/mol. The number of likely N-dealkylation sites (tertiary alicyclic amines) is 1. The summed E-state index contributed by atoms with van der Waals surface area (Å²) in [5.41, 5.74) is 2.13. The van der Waals surface area contributed by atoms with Crippen molar-refractivity contribution in [3.8, 4) is 5.75 Å². The summed E-state index contributed by atoms with van der Waals surface area (Å²) in [6, 6.07) is 5.71. The fourth-order valence-electron chi connectivity index (χ4n) is 2.60. The molecule has 2 atom stereocenters. The van der Waals surface area contributed by atoms with Crippen molar-refractivity contribution in [3.05, 3.63) is 29.3 Å². The highest BCUT2D eigenvalue weighted by molar-refractivity contribution is 5.80. The lowest BCUT2D eigenvalue weighted by Gasteiger charge is -2.17. The van der Waals surface area contributed by atoms with Crippen LogP contribution in [-0.2, 0) is 9.59 Å². The number of carbonyl (C=O) groups is 2. The zero-order valence-corrected chi connectivity index (χ0v) is 12.6. The average Bonchev–Trinajstić information content (AvgIpc) is 2.82. The van der Waals surface area contributed by atoms with Gasteiger partial charge in [0.1, 0.15) is 5.75 Å². The highest BCUT2D eigenvalue weighted by atomic mass is 16.5. The van der Waals surface area contributed by atoms with Crippen LogP contribution in [0.3, 0.4) is 0 Å². The maximum absolute atomic E-state index is 12.1. The van der Waals surface area contributed by atoms with E-state index in [2.05, 4.69) is 0 Å². The van der Waals surface area contributed by atoms with Crippen LogP contribution in [-0.4, -0.2) is 41.6 Å². The molecule has 0 radical (unpaired) electrons. The summed E-state index contributed by atoms with van der Waals surface area (Å²) in [4.78, 5) is 24.8. The molecule has 2 rings (SSSR count). The van der Waals surface area contributed by atoms with Gasteiger partial charge < -0.3 is 14.7 Å². The summed E-state index contributed by atoms with van der Waals surface area (Å²) in [5.74, 6) is -0.799. The van der Waals surface area contributed by atoms with E-state index >= 15 is 0 Å². The predicted molar refractivity (Wildman–Crippen MR) is 78.3 cm³/mol. The summed E-state index contributed by atoms with van der Waals surface area (Å²) in [6.07, 6.45) is 0. The molecule has 1 fully saturated rings. The zero-order valence-electron chi connectivity index (χ0n) is 12.6. The molecule has 114 valence electrons. The monoisotopic (exact) mass is 291 g/mol. The fraction of sp³-hybridized carbons (Fsp3) is 0.500. The summed E-state index contributed by atoms with van der Waals surface area (Å²) in [6.45, 7) is 6.50. The first-order valence-corrected chi connectivity index (χ1v) is 7.09. The number of hydrogen-bond acceptors (Lipinski definition) is 3. The topological polar surface area (TPSA) is 66.8 Å². The fourth-order valence-corrected chi connectivity index (χ4v) is 2.60. The zero-order chi connectivity index (χ0) is 15.6. The van der Waals surface area contributed by atoms with E-state index in [1.807, 2.05) is 39.0 Å². The van der Waals surface area contributed by atoms with Crippen molar-refractivity contribution in [3.63, 3.8) is 0 Å². The van der Waals surface area contributed by atoms with E-state index in [1.54, 1.807) is 4.90 Å². The van der Waals surface area contributed by atoms with Gasteiger partial charge in [0.05, 0.1) is 5.92 Å². The van der Waals surface area contributed by atoms with Gasteiger partial charge in [-0.1, -0.05) is 19.1 Å². The highest BCUT2D eigenvalue weighted by Crippen LogP contribution is 2.24. The Labute approximate surface area is 124 Å². The number of carboxylic acid groups (broad SMARTS) is 1. The smallest absolute Gasteiger partial charge is 0.308 e. The van der Waals surface area contributed by atoms with Crippen LogP contribution in [0.15, 0.2) is 18.2 Å². The number of ether oxygens (including phenoxy) is 1. The molecular formula is C16H21NO4. The molecule has 1 N–H and O–H groups in total. The molecule has 0 aromatic heterocycles. The van der Waals surface area contributed by atoms with E-state index in [1.165, 1.54) is 0 Å². The lowest BCUT2D eigenvalue weighted by Crippen LogP contribution is -2.34. The number of hydrogen-bond donors (Lipinski definition) is 1. The Hall–Kier alpha value is -2.04. The van der Waals surface area contributed by atoms with Gasteiger partial charge in [-0.3, -0.25) is 9.59 Å². The van der Waals surface area contributed by atoms with E-state index < -0.39 is 11.9 Å². The highest BCUT2D eigenvalue weighted by Gasteiger charge is 2.36. The molecule has 1 amide bonds. The Morgan fingerprint density at radius 3 is 2.67 bits per heavy atom. The van der Waals surface area contributed by atoms with E-state index in [9.17, 15) is 9.59 Å². The largest absolute Gasteiger partial charge is 0.483 e. The number of aliphatic carboxylic acids is 1. The molecule has 1 aliphatic rings. The van der Waals surface area contributed by atoms with Crippen LogP contribution in [0, 0.1) is 25.7 Å². The third-order valence-corrected chi connectivity index (χ3v) is 4.19. The lowest BCUT2D eigenvalue weighted by molar-refractivity contribution is -0.142. The molecule has 1 aromatic rings. The van der Waals surface area contributed by atoms with Gasteiger partial charge in [0.15, 0.2) is 6.61 Å². The normalized spacial score (nSPS) is 21.4. The molecule has 1 aliphatic heterocycles. The standard InChI is InChI=1S/C16H21NO4/c1-10-5-4-6-14(12(10)3)21-9-15(18)17-7-11(2)13(8-17)16(19)20/h4-6,11,13H,7-9H2,1-3H3,(H,19,20). The Balaban J connectivity index is 1.94. The van der Waals surface area contributed by atoms with Gasteiger partial charge in [0.2, 0.25) is 0 Å². The van der Waals surface area contributed by atoms with Gasteiger partial charge >= 0.3 is 5.97 Å². The first kappa shape index (κ1) is 15.4. The van der Waals surface area contributed by atoms with E-state index in [0.29, 0.717) is 12.3 Å². The van der Waals surface area contributed by atoms with Gasteiger partial charge in [-0.05, 0) is 37.0 Å². The molecule has 21 heavy (non-hydrogen) atoms. The van der Waals surface area contributed by atoms with Crippen LogP contribution < -0.4 is 4.74 Å². The predicted octanol–water partition coefficient (Wildman–Crippen LogP) is 1.86. The molecule has 0 saturated carbocycles. The van der Waals surface area contributed by atoms with Gasteiger partial charge in [-0.25, -0.2) is 0 Å². The van der Waals surface area contributed by atoms with Crippen LogP contribution in [0.2, 0.25) is 0 Å². The van der Waals surface area contributed by atoms with Crippen molar-refractivity contribution in [1.29, 1.82) is 0 Å². The van der Waals surface area contributed by atoms with Crippen LogP contribution in [0.4, 0.5) is 0 Å². The first-order valence-electron chi connectivity index (χ1n) is 7.09. The summed E-state index contributed by atoms with van der Waals surface area (Å²) >= 11 is 0. The number of nitrogens with zero attached hydrogens (tertiary/aromatic N) is 1. The molecule has 0 spiro atoms. The molecule has 5 heteroatoms. The minimum atomic E-state index is -0.840. The van der Waals surface area contributed by atoms with Gasteiger partial charge in [-0.2, -0.15) is 0 Å². The van der Waals surface area contributed by atoms with Crippen molar-refractivity contribution in [2.24, 2.45) is 11.8 Å². The Morgan fingerprint density at radius 1 is 1.33 bits per heavy atom. The van der Waals surface area contributed by atoms with Crippen LogP contribution in [0.25, 0.3) is 0 Å². The molecule has 2 unspecified atom stereocenters. The van der Waals surface area contributed by atoms with Gasteiger partial charge in [0, 0.05) is 13.1 Å². The van der Waals surface area contributed by atoms with Crippen LogP contribution in [0.1, 0.15) is 18.1 Å². The van der Waals surface area contributed by atoms with E-state index in [4.69, 9.17) is 9.84 Å². The first-order chi connectivity index (χ1) is 9.90. The Morgan fingerprint density at radius 2 is 2.05 bits per heavy atom. The number of carboxylic acids is 1. The molecule has 1 saturated heterocycles. The quantitative estimate of drug-likeness (QED) is 0.919. The third kappa shape index (κ3) is 3.35. The number of rotatable bonds is 4. The second kappa shape index (κ2) is 6.16. The number of carbonyl (C=O) groups excluding carboxylic acids is 1. The van der Waals surface area contributed by atoms with Gasteiger partial charge in [0.25, 0.3) is 5.91 Å². The van der Waals surface area contributed by atoms with Crippen molar-refractivity contribution in [2.45, 2.75) is 20.8 Å². The van der Waals surface area contributed by atoms with Crippen molar-refractivity contribution < 1.29 is 19.4 Å². The second-order valence-corrected chi connectivity index (χ2v) is 5.71. The summed E-state index contributed by atoms with van der Waals surface area (Å²) in [7, 11) is 0. The summed E-state index contributed by atoms with van der Waals surface area (Å²) < 4.78 is 5.58. The number of benzene rings is 1. The minimum Gasteiger partial charge on any atom is -0.483 e. The minimum absolute atomic E-state index is 0.0212. The molecule has 0 bridgehead atoms. The molecule has 0 aliphatic carbocycles. The average molecular weight is 291 g/mol. The van der Waals surface area contributed by atoms with Crippen molar-refractivity contribution in [2.75, 3.05) is 19.7 Å². The van der Waals surface area contributed by atoms with Gasteiger partial charge in [-0.15, -0.1) is 0 Å². The summed E-state index contributed by atoms with van der Waals surface area (Å²) in [5, 5.41) is 9.09. The molecule has 1 aromatic carbocycles. The van der Waals surface area contributed by atoms with E-state index in [-0.39, 0.29) is 25.0 Å². The maximum atomic E-state index is 12.1. The van der Waals surface area contributed by atoms with Crippen LogP contribution >= 0.6 is 0 Å². The van der Waals surface area contributed by atoms with Crippen molar-refractivity contribution >= 4 is 11.9 Å². The lowest BCUT2D eigenvalue weighted by atomic mass is 9.99. The number of aryl methyl sites for hydroxylation is 1. The molecule has 1 heterocycles. The Bertz CT molecular complexity index is 555.